The van der Waals surface area contributed by atoms with Gasteiger partial charge in [-0.2, -0.15) is 15.3 Å². The first-order valence-corrected chi connectivity index (χ1v) is 39.9. The summed E-state index contributed by atoms with van der Waals surface area (Å²) in [6.45, 7) is 5.75. The third-order valence-corrected chi connectivity index (χ3v) is 22.5. The van der Waals surface area contributed by atoms with Crippen molar-refractivity contribution in [1.82, 2.24) is 50.4 Å². The van der Waals surface area contributed by atoms with Crippen molar-refractivity contribution in [1.29, 1.82) is 0 Å². The summed E-state index contributed by atoms with van der Waals surface area (Å²) in [5.41, 5.74) is 18.5. The number of hydrogen-bond acceptors (Lipinski definition) is 7. The Labute approximate surface area is 664 Å². The summed E-state index contributed by atoms with van der Waals surface area (Å²) in [5.74, 6) is -0.905. The van der Waals surface area contributed by atoms with E-state index in [-0.39, 0.29) is 47.3 Å². The Kier molecular flexibility index (Phi) is 26.2. The Hall–Kier alpha value is -8.71. The van der Waals surface area contributed by atoms with E-state index in [1.54, 1.807) is 86.8 Å². The predicted octanol–water partition coefficient (Wildman–Crippen LogP) is 23.1. The molecule has 3 amide bonds. The highest BCUT2D eigenvalue weighted by Gasteiger charge is 2.34. The van der Waals surface area contributed by atoms with Gasteiger partial charge >= 0.3 is 0 Å². The Morgan fingerprint density at radius 2 is 0.761 bits per heavy atom. The lowest BCUT2D eigenvalue weighted by atomic mass is 9.84. The number of fused-ring (bicyclic) bond motifs is 3. The van der Waals surface area contributed by atoms with Crippen LogP contribution in [0.15, 0.2) is 158 Å². The Morgan fingerprint density at radius 1 is 0.413 bits per heavy atom. The number of aromatic nitrogens is 6. The first kappa shape index (κ1) is 78.4. The fourth-order valence-electron chi connectivity index (χ4n) is 15.3. The second-order valence-corrected chi connectivity index (χ2v) is 31.1. The number of amides is 3. The molecule has 22 heteroatoms. The Bertz CT molecular complexity index is 5020. The van der Waals surface area contributed by atoms with Crippen LogP contribution in [0.4, 0.5) is 13.2 Å². The number of hydrazine groups is 1. The minimum absolute atomic E-state index is 0.0905. The summed E-state index contributed by atoms with van der Waals surface area (Å²) in [4.78, 5) is 40.7. The molecule has 564 valence electrons. The zero-order chi connectivity index (χ0) is 76.2. The van der Waals surface area contributed by atoms with Crippen molar-refractivity contribution >= 4 is 122 Å². The van der Waals surface area contributed by atoms with Crippen LogP contribution >= 0.6 is 69.6 Å². The molecule has 10 aromatic rings. The minimum Gasteiger partial charge on any atom is -0.348 e. The number of hydrogen-bond donors (Lipinski definition) is 3. The quantitative estimate of drug-likeness (QED) is 0.0920. The topological polar surface area (TPSA) is 144 Å². The molecule has 13 nitrogen and oxygen atoms in total. The molecule has 7 aromatic carbocycles. The van der Waals surface area contributed by atoms with E-state index in [2.05, 4.69) is 35.1 Å². The average molecular weight is 1590 g/mol. The van der Waals surface area contributed by atoms with Crippen LogP contribution in [0.25, 0.3) is 52.0 Å². The SMILES string of the molecule is C[C@H](NC(=O)c1nn(-c2ccc(Cl)cc2Cl)c2c1CCCC/C2=C\c1ccc(F)cc1)C1CCCCC1.C[C@H](NC(=O)c1nn(-c2ccc(Cl)cc2Cl)c2c1CCCC/C2=C\c1ccc(F)cc1)c1ccccc1.O=C(NN1CCCCC1)c1nn(-c2ccc(Cl)cc2Cl)c2c1CCCC/C2=C\c1ccc(F)cc1. The van der Waals surface area contributed by atoms with Gasteiger partial charge in [-0.1, -0.05) is 162 Å². The van der Waals surface area contributed by atoms with Crippen LogP contribution in [0.1, 0.15) is 217 Å². The molecule has 1 aliphatic heterocycles. The summed E-state index contributed by atoms with van der Waals surface area (Å²) in [6, 6.07) is 44.8. The van der Waals surface area contributed by atoms with Crippen LogP contribution < -0.4 is 16.1 Å². The molecule has 5 aliphatic rings. The van der Waals surface area contributed by atoms with Crippen molar-refractivity contribution in [2.24, 2.45) is 5.92 Å². The predicted molar refractivity (Wildman–Crippen MR) is 435 cm³/mol. The summed E-state index contributed by atoms with van der Waals surface area (Å²) in [7, 11) is 0. The maximum atomic E-state index is 13.7. The van der Waals surface area contributed by atoms with E-state index < -0.39 is 0 Å². The molecule has 0 bridgehead atoms. The maximum absolute atomic E-state index is 13.7. The standard InChI is InChI=1S/C30H32Cl2FN3O.C30H26Cl2FN3O.C27H27Cl2FN4O/c2*1-19(21-7-3-2-4-8-21)34-30(37)28-25-10-6-5-9-22(17-20-11-14-24(33)15-12-20)29(25)36(35-28)27-16-13-23(31)18-26(27)32;28-20-10-13-24(23(29)17-20)34-26-19(16-18-8-11-21(30)12-9-18)6-2-3-7-22(26)25(31-34)27(35)32-33-14-4-1-5-15-33/h11-19,21H,2-10H2,1H3,(H,34,37);2-4,7-8,11-19H,5-6,9-10H2,1H3,(H,34,37);8-13,16-17H,1-7,14-15H2,(H,32,35)/b2*22-17+;19-16+/t2*19-;/m00./s1. The van der Waals surface area contributed by atoms with E-state index in [1.165, 1.54) is 62.1 Å². The smallest absolute Gasteiger partial charge is 0.286 e. The molecular weight excluding hydrogens is 1500 g/mol. The fourth-order valence-corrected chi connectivity index (χ4v) is 16.8. The van der Waals surface area contributed by atoms with E-state index >= 15 is 0 Å². The molecule has 4 aliphatic carbocycles. The van der Waals surface area contributed by atoms with Crippen LogP contribution in [0, 0.1) is 23.4 Å². The number of allylic oxidation sites excluding steroid dienone is 3. The van der Waals surface area contributed by atoms with Crippen molar-refractivity contribution in [2.45, 2.75) is 154 Å². The molecule has 0 spiro atoms. The van der Waals surface area contributed by atoms with Crippen LogP contribution in [0.3, 0.4) is 0 Å². The van der Waals surface area contributed by atoms with Gasteiger partial charge in [0.1, 0.15) is 17.5 Å². The number of carbonyl (C=O) groups is 3. The van der Waals surface area contributed by atoms with Crippen molar-refractivity contribution in [3.05, 3.63) is 278 Å². The molecule has 2 atom stereocenters. The monoisotopic (exact) mass is 1580 g/mol. The maximum Gasteiger partial charge on any atom is 0.286 e. The average Bonchev–Trinajstić information content (AvgIpc) is 1.63. The van der Waals surface area contributed by atoms with Gasteiger partial charge < -0.3 is 10.6 Å². The highest BCUT2D eigenvalue weighted by molar-refractivity contribution is 6.37. The van der Waals surface area contributed by atoms with Crippen LogP contribution in [0.5, 0.6) is 0 Å². The van der Waals surface area contributed by atoms with E-state index in [1.807, 2.05) is 66.5 Å². The van der Waals surface area contributed by atoms with Crippen LogP contribution in [-0.2, 0) is 19.3 Å². The second-order valence-electron chi connectivity index (χ2n) is 28.6. The van der Waals surface area contributed by atoms with Crippen molar-refractivity contribution in [3.8, 4) is 17.1 Å². The molecule has 3 aromatic heterocycles. The lowest BCUT2D eigenvalue weighted by Gasteiger charge is -2.28. The van der Waals surface area contributed by atoms with E-state index in [4.69, 9.17) is 84.9 Å². The lowest BCUT2D eigenvalue weighted by Crippen LogP contribution is -2.45. The van der Waals surface area contributed by atoms with Gasteiger partial charge in [0.25, 0.3) is 17.7 Å². The normalized spacial score (nSPS) is 17.1. The van der Waals surface area contributed by atoms with Gasteiger partial charge in [0.15, 0.2) is 17.1 Å². The number of benzene rings is 7. The summed E-state index contributed by atoms with van der Waals surface area (Å²) >= 11 is 38.4. The molecule has 2 fully saturated rings. The molecular formula is C87H85Cl6F3N10O3. The highest BCUT2D eigenvalue weighted by Crippen LogP contribution is 2.42. The minimum atomic E-state index is -0.284. The lowest BCUT2D eigenvalue weighted by molar-refractivity contribution is 0.0742. The van der Waals surface area contributed by atoms with Crippen LogP contribution in [-0.4, -0.2) is 71.2 Å². The van der Waals surface area contributed by atoms with Gasteiger partial charge in [-0.3, -0.25) is 19.8 Å². The highest BCUT2D eigenvalue weighted by atomic mass is 35.5. The zero-order valence-electron chi connectivity index (χ0n) is 60.8. The molecule has 15 rings (SSSR count). The number of rotatable bonds is 14. The molecule has 1 saturated heterocycles. The Balaban J connectivity index is 0.000000144. The van der Waals surface area contributed by atoms with Crippen LogP contribution in [0.2, 0.25) is 30.1 Å². The van der Waals surface area contributed by atoms with E-state index in [0.29, 0.717) is 76.6 Å². The van der Waals surface area contributed by atoms with Gasteiger partial charge in [-0.15, -0.1) is 0 Å². The Morgan fingerprint density at radius 3 is 1.14 bits per heavy atom. The largest absolute Gasteiger partial charge is 0.348 e. The summed E-state index contributed by atoms with van der Waals surface area (Å²) in [5, 5.41) is 25.8. The van der Waals surface area contributed by atoms with Gasteiger partial charge in [0.2, 0.25) is 0 Å². The number of nitrogens with zero attached hydrogens (tertiary/aromatic N) is 7. The third-order valence-electron chi connectivity index (χ3n) is 20.9. The molecule has 3 N–H and O–H groups in total. The molecule has 109 heavy (non-hydrogen) atoms. The van der Waals surface area contributed by atoms with Gasteiger partial charge in [0, 0.05) is 50.9 Å². The van der Waals surface area contributed by atoms with Crippen molar-refractivity contribution in [3.63, 3.8) is 0 Å². The molecule has 0 unspecified atom stereocenters. The summed E-state index contributed by atoms with van der Waals surface area (Å²) < 4.78 is 46.0. The van der Waals surface area contributed by atoms with Gasteiger partial charge in [-0.05, 0) is 271 Å². The first-order valence-electron chi connectivity index (χ1n) is 37.6. The van der Waals surface area contributed by atoms with Gasteiger partial charge in [0.05, 0.1) is 55.3 Å². The molecule has 1 saturated carbocycles. The number of carbonyl (C=O) groups excluding carboxylic acids is 3. The van der Waals surface area contributed by atoms with Crippen molar-refractivity contribution in [2.75, 3.05) is 13.1 Å². The summed E-state index contributed by atoms with van der Waals surface area (Å²) in [6.07, 6.45) is 25.9. The second kappa shape index (κ2) is 36.4. The number of piperidine rings is 1. The van der Waals surface area contributed by atoms with E-state index in [9.17, 15) is 27.6 Å². The number of halogens is 9. The molecule has 4 heterocycles. The number of nitrogens with one attached hydrogen (secondary N) is 3. The third kappa shape index (κ3) is 19.2. The zero-order valence-corrected chi connectivity index (χ0v) is 65.3. The fraction of sp³-hybridized carbons (Fsp3) is 0.310. The van der Waals surface area contributed by atoms with E-state index in [0.717, 1.165) is 182 Å². The molecule has 0 radical (unpaired) electrons. The van der Waals surface area contributed by atoms with Crippen molar-refractivity contribution < 1.29 is 27.6 Å². The first-order chi connectivity index (χ1) is 52.8. The van der Waals surface area contributed by atoms with Gasteiger partial charge in [-0.25, -0.2) is 32.2 Å².